The Labute approximate surface area is 109 Å². The molecule has 0 aliphatic carbocycles. The Balaban J connectivity index is 2.74. The van der Waals surface area contributed by atoms with Crippen molar-refractivity contribution in [2.24, 2.45) is 0 Å². The molecule has 3 nitrogen and oxygen atoms in total. The van der Waals surface area contributed by atoms with Crippen molar-refractivity contribution in [3.63, 3.8) is 0 Å². The largest absolute Gasteiger partial charge is 0.310 e. The smallest absolute Gasteiger partial charge is 0.254 e. The van der Waals surface area contributed by atoms with Gasteiger partial charge in [0.25, 0.3) is 5.56 Å². The summed E-state index contributed by atoms with van der Waals surface area (Å²) in [5.41, 5.74) is 0.126. The van der Waals surface area contributed by atoms with Crippen LogP contribution >= 0.6 is 0 Å². The van der Waals surface area contributed by atoms with Crippen LogP contribution in [0.1, 0.15) is 31.2 Å². The van der Waals surface area contributed by atoms with Gasteiger partial charge in [0.15, 0.2) is 0 Å². The second-order valence-electron chi connectivity index (χ2n) is 4.70. The number of hydrogen-bond donors (Lipinski definition) is 1. The van der Waals surface area contributed by atoms with Crippen LogP contribution in [0.5, 0.6) is 0 Å². The normalized spacial score (nSPS) is 11.1. The van der Waals surface area contributed by atoms with Gasteiger partial charge >= 0.3 is 0 Å². The second kappa shape index (κ2) is 4.91. The van der Waals surface area contributed by atoms with Crippen LogP contribution in [0.3, 0.4) is 0 Å². The van der Waals surface area contributed by atoms with Crippen LogP contribution in [0.2, 0.25) is 0 Å². The van der Waals surface area contributed by atoms with E-state index in [1.165, 1.54) is 6.92 Å². The Hall–Kier alpha value is -2.04. The third kappa shape index (κ3) is 2.54. The third-order valence-electron chi connectivity index (χ3n) is 2.90. The first-order valence-electron chi connectivity index (χ1n) is 5.96. The van der Waals surface area contributed by atoms with E-state index in [0.29, 0.717) is 5.82 Å². The van der Waals surface area contributed by atoms with Crippen molar-refractivity contribution >= 4 is 0 Å². The van der Waals surface area contributed by atoms with Crippen LogP contribution in [0.15, 0.2) is 23.0 Å². The van der Waals surface area contributed by atoms with Crippen LogP contribution < -0.4 is 5.56 Å². The number of H-pyrrole nitrogens is 1. The first kappa shape index (κ1) is 13.4. The minimum atomic E-state index is -0.600. The zero-order valence-corrected chi connectivity index (χ0v) is 10.9. The van der Waals surface area contributed by atoms with E-state index in [9.17, 15) is 13.6 Å². The standard InChI is InChI=1S/C14H14F2N2O/c1-7(2)13-17-12(8(3)14(19)18-13)10-6-9(15)4-5-11(10)16/h4-7H,1-3H3,(H,17,18,19). The number of hydrogen-bond acceptors (Lipinski definition) is 2. The monoisotopic (exact) mass is 264 g/mol. The Morgan fingerprint density at radius 1 is 1.26 bits per heavy atom. The summed E-state index contributed by atoms with van der Waals surface area (Å²) in [6, 6.07) is 3.11. The molecule has 1 N–H and O–H groups in total. The first-order valence-corrected chi connectivity index (χ1v) is 5.96. The average molecular weight is 264 g/mol. The molecular formula is C14H14F2N2O. The molecule has 1 heterocycles. The molecule has 0 amide bonds. The quantitative estimate of drug-likeness (QED) is 0.905. The number of halogens is 2. The van der Waals surface area contributed by atoms with Gasteiger partial charge in [-0.1, -0.05) is 13.8 Å². The maximum atomic E-state index is 13.8. The predicted octanol–water partition coefficient (Wildman–Crippen LogP) is 3.15. The minimum Gasteiger partial charge on any atom is -0.310 e. The molecule has 2 rings (SSSR count). The molecular weight excluding hydrogens is 250 g/mol. The summed E-state index contributed by atoms with van der Waals surface area (Å²) in [5.74, 6) is -0.723. The third-order valence-corrected chi connectivity index (χ3v) is 2.90. The molecule has 0 aliphatic heterocycles. The molecule has 100 valence electrons. The molecule has 0 aliphatic rings. The number of rotatable bonds is 2. The molecule has 1 aromatic carbocycles. The summed E-state index contributed by atoms with van der Waals surface area (Å²) in [4.78, 5) is 18.7. The Morgan fingerprint density at radius 3 is 2.58 bits per heavy atom. The fourth-order valence-electron chi connectivity index (χ4n) is 1.76. The maximum absolute atomic E-state index is 13.8. The van der Waals surface area contributed by atoms with Gasteiger partial charge in [0.2, 0.25) is 0 Å². The van der Waals surface area contributed by atoms with E-state index < -0.39 is 11.6 Å². The Bertz CT molecular complexity index is 678. The highest BCUT2D eigenvalue weighted by Crippen LogP contribution is 2.24. The number of benzene rings is 1. The molecule has 0 unspecified atom stereocenters. The van der Waals surface area contributed by atoms with E-state index >= 15 is 0 Å². The number of aromatic nitrogens is 2. The van der Waals surface area contributed by atoms with Crippen LogP contribution in [0.4, 0.5) is 8.78 Å². The Morgan fingerprint density at radius 2 is 1.95 bits per heavy atom. The zero-order chi connectivity index (χ0) is 14.2. The summed E-state index contributed by atoms with van der Waals surface area (Å²) in [5, 5.41) is 0. The molecule has 0 saturated heterocycles. The van der Waals surface area contributed by atoms with Crippen molar-refractivity contribution in [3.05, 3.63) is 51.6 Å². The fraction of sp³-hybridized carbons (Fsp3) is 0.286. The van der Waals surface area contributed by atoms with Crippen molar-refractivity contribution in [1.29, 1.82) is 0 Å². The highest BCUT2D eigenvalue weighted by Gasteiger charge is 2.15. The van der Waals surface area contributed by atoms with Crippen molar-refractivity contribution < 1.29 is 8.78 Å². The van der Waals surface area contributed by atoms with Crippen LogP contribution in [-0.4, -0.2) is 9.97 Å². The molecule has 0 spiro atoms. The minimum absolute atomic E-state index is 0.00509. The first-order chi connectivity index (χ1) is 8.90. The summed E-state index contributed by atoms with van der Waals surface area (Å²) in [7, 11) is 0. The van der Waals surface area contributed by atoms with Gasteiger partial charge in [-0.2, -0.15) is 0 Å². The number of nitrogens with one attached hydrogen (secondary N) is 1. The summed E-state index contributed by atoms with van der Waals surface area (Å²) in [6.45, 7) is 5.26. The van der Waals surface area contributed by atoms with Crippen molar-refractivity contribution in [3.8, 4) is 11.3 Å². The number of aromatic amines is 1. The van der Waals surface area contributed by atoms with E-state index in [2.05, 4.69) is 9.97 Å². The average Bonchev–Trinajstić information content (AvgIpc) is 2.35. The highest BCUT2D eigenvalue weighted by molar-refractivity contribution is 5.63. The number of nitrogens with zero attached hydrogens (tertiary/aromatic N) is 1. The van der Waals surface area contributed by atoms with E-state index in [1.54, 1.807) is 0 Å². The summed E-state index contributed by atoms with van der Waals surface area (Å²) < 4.78 is 27.0. The zero-order valence-electron chi connectivity index (χ0n) is 10.9. The van der Waals surface area contributed by atoms with E-state index in [1.807, 2.05) is 13.8 Å². The van der Waals surface area contributed by atoms with Crippen LogP contribution in [0.25, 0.3) is 11.3 Å². The molecule has 1 aromatic heterocycles. The van der Waals surface area contributed by atoms with Gasteiger partial charge in [0.1, 0.15) is 17.5 Å². The van der Waals surface area contributed by atoms with E-state index in [4.69, 9.17) is 0 Å². The van der Waals surface area contributed by atoms with Gasteiger partial charge in [0.05, 0.1) is 5.69 Å². The summed E-state index contributed by atoms with van der Waals surface area (Å²) >= 11 is 0. The van der Waals surface area contributed by atoms with Gasteiger partial charge < -0.3 is 4.98 Å². The lowest BCUT2D eigenvalue weighted by Gasteiger charge is -2.10. The molecule has 0 saturated carbocycles. The van der Waals surface area contributed by atoms with Gasteiger partial charge in [-0.15, -0.1) is 0 Å². The van der Waals surface area contributed by atoms with Crippen LogP contribution in [0, 0.1) is 18.6 Å². The molecule has 19 heavy (non-hydrogen) atoms. The lowest BCUT2D eigenvalue weighted by Crippen LogP contribution is -2.17. The van der Waals surface area contributed by atoms with Gasteiger partial charge in [-0.25, -0.2) is 13.8 Å². The molecule has 2 aromatic rings. The molecule has 0 radical (unpaired) electrons. The lowest BCUT2D eigenvalue weighted by atomic mass is 10.1. The lowest BCUT2D eigenvalue weighted by molar-refractivity contribution is 0.602. The van der Waals surface area contributed by atoms with E-state index in [-0.39, 0.29) is 28.3 Å². The van der Waals surface area contributed by atoms with Crippen LogP contribution in [-0.2, 0) is 0 Å². The molecule has 5 heteroatoms. The van der Waals surface area contributed by atoms with Crippen molar-refractivity contribution in [2.45, 2.75) is 26.7 Å². The van der Waals surface area contributed by atoms with Crippen molar-refractivity contribution in [1.82, 2.24) is 9.97 Å². The molecule has 0 atom stereocenters. The van der Waals surface area contributed by atoms with Gasteiger partial charge in [-0.3, -0.25) is 4.79 Å². The van der Waals surface area contributed by atoms with Crippen molar-refractivity contribution in [2.75, 3.05) is 0 Å². The Kier molecular flexibility index (Phi) is 3.46. The maximum Gasteiger partial charge on any atom is 0.254 e. The summed E-state index contributed by atoms with van der Waals surface area (Å²) in [6.07, 6.45) is 0. The fourth-order valence-corrected chi connectivity index (χ4v) is 1.76. The SMILES string of the molecule is Cc1c(-c2cc(F)ccc2F)nc(C(C)C)[nH]c1=O. The predicted molar refractivity (Wildman–Crippen MR) is 69.0 cm³/mol. The molecule has 0 fully saturated rings. The molecule has 0 bridgehead atoms. The highest BCUT2D eigenvalue weighted by atomic mass is 19.1. The van der Waals surface area contributed by atoms with Gasteiger partial charge in [0, 0.05) is 17.0 Å². The van der Waals surface area contributed by atoms with Gasteiger partial charge in [-0.05, 0) is 25.1 Å². The van der Waals surface area contributed by atoms with E-state index in [0.717, 1.165) is 18.2 Å². The second-order valence-corrected chi connectivity index (χ2v) is 4.70. The topological polar surface area (TPSA) is 45.8 Å².